The molecule has 2 heteroatoms. The highest BCUT2D eigenvalue weighted by atomic mass is 15.1. The van der Waals surface area contributed by atoms with Crippen LogP contribution >= 0.6 is 0 Å². The van der Waals surface area contributed by atoms with E-state index in [0.29, 0.717) is 6.04 Å². The topological polar surface area (TPSA) is 19.0 Å². The first-order valence-electron chi connectivity index (χ1n) is 7.00. The van der Waals surface area contributed by atoms with Crippen molar-refractivity contribution in [2.75, 3.05) is 7.05 Å². The van der Waals surface area contributed by atoms with Crippen LogP contribution in [0.15, 0.2) is 36.7 Å². The maximum Gasteiger partial charge on any atom is 0.0456 e. The number of likely N-dealkylation sites (N-methyl/N-ethyl adjacent to an activating group) is 1. The summed E-state index contributed by atoms with van der Waals surface area (Å²) in [5, 5.41) is 1.37. The molecule has 0 saturated heterocycles. The zero-order chi connectivity index (χ0) is 14.0. The fourth-order valence-corrected chi connectivity index (χ4v) is 2.50. The van der Waals surface area contributed by atoms with E-state index in [2.05, 4.69) is 68.7 Å². The van der Waals surface area contributed by atoms with Crippen LogP contribution in [0.1, 0.15) is 31.9 Å². The molecular formula is C17H24N2. The molecule has 2 nitrogen and oxygen atoms in total. The van der Waals surface area contributed by atoms with Gasteiger partial charge in [0.1, 0.15) is 0 Å². The van der Waals surface area contributed by atoms with Crippen LogP contribution in [0.3, 0.4) is 0 Å². The highest BCUT2D eigenvalue weighted by molar-refractivity contribution is 5.83. The third kappa shape index (κ3) is 2.83. The average Bonchev–Trinajstić information content (AvgIpc) is 2.79. The van der Waals surface area contributed by atoms with Gasteiger partial charge in [-0.2, -0.15) is 0 Å². The molecule has 1 heterocycles. The molecule has 1 aromatic carbocycles. The van der Waals surface area contributed by atoms with E-state index in [4.69, 9.17) is 0 Å². The van der Waals surface area contributed by atoms with E-state index in [0.717, 1.165) is 18.5 Å². The second-order valence-corrected chi connectivity index (χ2v) is 5.45. The predicted octanol–water partition coefficient (Wildman–Crippen LogP) is 4.13. The summed E-state index contributed by atoms with van der Waals surface area (Å²) in [7, 11) is 2.11. The number of allylic oxidation sites excluding steroid dienone is 1. The Morgan fingerprint density at radius 1 is 1.42 bits per heavy atom. The standard InChI is InChI=1S/C17H24N2/c1-6-15-11-18-17-8-7-14(10-16(15)17)9-13(4)19(5)12(2)3/h7-8,10-11,13,18H,2,6,9H2,1,3-5H3. The lowest BCUT2D eigenvalue weighted by molar-refractivity contribution is 0.323. The van der Waals surface area contributed by atoms with Gasteiger partial charge in [0.05, 0.1) is 0 Å². The fourth-order valence-electron chi connectivity index (χ4n) is 2.50. The highest BCUT2D eigenvalue weighted by Crippen LogP contribution is 2.21. The van der Waals surface area contributed by atoms with Crippen molar-refractivity contribution in [1.29, 1.82) is 0 Å². The van der Waals surface area contributed by atoms with Crippen LogP contribution in [0.2, 0.25) is 0 Å². The average molecular weight is 256 g/mol. The summed E-state index contributed by atoms with van der Waals surface area (Å²) >= 11 is 0. The molecular weight excluding hydrogens is 232 g/mol. The third-order valence-corrected chi connectivity index (χ3v) is 4.01. The van der Waals surface area contributed by atoms with Crippen molar-refractivity contribution in [1.82, 2.24) is 9.88 Å². The third-order valence-electron chi connectivity index (χ3n) is 4.01. The van der Waals surface area contributed by atoms with Crippen molar-refractivity contribution in [3.63, 3.8) is 0 Å². The van der Waals surface area contributed by atoms with Crippen LogP contribution in [-0.4, -0.2) is 23.0 Å². The Morgan fingerprint density at radius 3 is 2.79 bits per heavy atom. The fraction of sp³-hybridized carbons (Fsp3) is 0.412. The van der Waals surface area contributed by atoms with Crippen molar-refractivity contribution in [3.05, 3.63) is 47.8 Å². The summed E-state index contributed by atoms with van der Waals surface area (Å²) in [6.45, 7) is 10.5. The molecule has 102 valence electrons. The molecule has 2 rings (SSSR count). The monoisotopic (exact) mass is 256 g/mol. The quantitative estimate of drug-likeness (QED) is 0.852. The molecule has 0 spiro atoms. The van der Waals surface area contributed by atoms with Gasteiger partial charge in [-0.1, -0.05) is 19.6 Å². The smallest absolute Gasteiger partial charge is 0.0456 e. The van der Waals surface area contributed by atoms with Gasteiger partial charge in [0.15, 0.2) is 0 Å². The van der Waals surface area contributed by atoms with Gasteiger partial charge in [0.25, 0.3) is 0 Å². The van der Waals surface area contributed by atoms with Gasteiger partial charge >= 0.3 is 0 Å². The van der Waals surface area contributed by atoms with Crippen LogP contribution < -0.4 is 0 Å². The van der Waals surface area contributed by atoms with E-state index >= 15 is 0 Å². The number of aromatic nitrogens is 1. The predicted molar refractivity (Wildman–Crippen MR) is 83.4 cm³/mol. The van der Waals surface area contributed by atoms with Crippen LogP contribution in [-0.2, 0) is 12.8 Å². The van der Waals surface area contributed by atoms with Gasteiger partial charge in [0.2, 0.25) is 0 Å². The molecule has 0 saturated carbocycles. The van der Waals surface area contributed by atoms with Crippen LogP contribution in [0.4, 0.5) is 0 Å². The molecule has 0 fully saturated rings. The van der Waals surface area contributed by atoms with Gasteiger partial charge < -0.3 is 9.88 Å². The summed E-state index contributed by atoms with van der Waals surface area (Å²) in [6, 6.07) is 7.21. The minimum absolute atomic E-state index is 0.471. The van der Waals surface area contributed by atoms with Gasteiger partial charge in [-0.05, 0) is 49.9 Å². The number of hydrogen-bond donors (Lipinski definition) is 1. The largest absolute Gasteiger partial charge is 0.376 e. The van der Waals surface area contributed by atoms with E-state index in [9.17, 15) is 0 Å². The number of benzene rings is 1. The molecule has 0 bridgehead atoms. The Hall–Kier alpha value is -1.70. The summed E-state index contributed by atoms with van der Waals surface area (Å²) < 4.78 is 0. The van der Waals surface area contributed by atoms with E-state index in [1.54, 1.807) is 0 Å². The molecule has 2 aromatic rings. The van der Waals surface area contributed by atoms with E-state index in [1.165, 1.54) is 22.0 Å². The Balaban J connectivity index is 2.23. The second-order valence-electron chi connectivity index (χ2n) is 5.45. The number of nitrogens with one attached hydrogen (secondary N) is 1. The Bertz CT molecular complexity index is 580. The molecule has 0 aliphatic rings. The maximum atomic E-state index is 4.01. The summed E-state index contributed by atoms with van der Waals surface area (Å²) in [5.74, 6) is 0. The van der Waals surface area contributed by atoms with Crippen molar-refractivity contribution >= 4 is 10.9 Å². The Labute approximate surface area is 116 Å². The lowest BCUT2D eigenvalue weighted by Crippen LogP contribution is -2.28. The molecule has 1 aromatic heterocycles. The minimum Gasteiger partial charge on any atom is -0.376 e. The van der Waals surface area contributed by atoms with E-state index < -0.39 is 0 Å². The lowest BCUT2D eigenvalue weighted by atomic mass is 10.0. The van der Waals surface area contributed by atoms with Gasteiger partial charge in [-0.3, -0.25) is 0 Å². The normalized spacial score (nSPS) is 12.6. The van der Waals surface area contributed by atoms with Gasteiger partial charge in [0, 0.05) is 35.9 Å². The molecule has 1 N–H and O–H groups in total. The zero-order valence-electron chi connectivity index (χ0n) is 12.5. The summed E-state index contributed by atoms with van der Waals surface area (Å²) in [4.78, 5) is 5.57. The first-order chi connectivity index (χ1) is 9.02. The number of rotatable bonds is 5. The Morgan fingerprint density at radius 2 is 2.16 bits per heavy atom. The molecule has 1 atom stereocenters. The van der Waals surface area contributed by atoms with Crippen LogP contribution in [0, 0.1) is 0 Å². The van der Waals surface area contributed by atoms with E-state index in [-0.39, 0.29) is 0 Å². The molecule has 0 amide bonds. The summed E-state index contributed by atoms with van der Waals surface area (Å²) in [6.07, 6.45) is 4.25. The van der Waals surface area contributed by atoms with Crippen LogP contribution in [0.5, 0.6) is 0 Å². The minimum atomic E-state index is 0.471. The van der Waals surface area contributed by atoms with Crippen molar-refractivity contribution in [2.24, 2.45) is 0 Å². The molecule has 0 aliphatic carbocycles. The second kappa shape index (κ2) is 5.52. The van der Waals surface area contributed by atoms with E-state index in [1.807, 2.05) is 0 Å². The lowest BCUT2D eigenvalue weighted by Gasteiger charge is -2.27. The first-order valence-corrected chi connectivity index (χ1v) is 7.00. The van der Waals surface area contributed by atoms with Crippen molar-refractivity contribution in [2.45, 2.75) is 39.7 Å². The number of hydrogen-bond acceptors (Lipinski definition) is 1. The maximum absolute atomic E-state index is 4.01. The van der Waals surface area contributed by atoms with Crippen molar-refractivity contribution < 1.29 is 0 Å². The van der Waals surface area contributed by atoms with Crippen LogP contribution in [0.25, 0.3) is 10.9 Å². The van der Waals surface area contributed by atoms with Gasteiger partial charge in [-0.25, -0.2) is 0 Å². The number of nitrogens with zero attached hydrogens (tertiary/aromatic N) is 1. The molecule has 19 heavy (non-hydrogen) atoms. The number of fused-ring (bicyclic) bond motifs is 1. The van der Waals surface area contributed by atoms with Gasteiger partial charge in [-0.15, -0.1) is 0 Å². The molecule has 1 unspecified atom stereocenters. The summed E-state index contributed by atoms with van der Waals surface area (Å²) in [5.41, 5.74) is 5.14. The zero-order valence-corrected chi connectivity index (χ0v) is 12.5. The highest BCUT2D eigenvalue weighted by Gasteiger charge is 2.10. The molecule has 0 aliphatic heterocycles. The van der Waals surface area contributed by atoms with Crippen molar-refractivity contribution in [3.8, 4) is 0 Å². The number of aromatic amines is 1. The molecule has 0 radical (unpaired) electrons. The first kappa shape index (κ1) is 13.7. The number of H-pyrrole nitrogens is 1. The SMILES string of the molecule is C=C(C)N(C)C(C)Cc1ccc2[nH]cc(CC)c2c1. The Kier molecular flexibility index (Phi) is 3.98. The number of aryl methyl sites for hydroxylation is 1.